The van der Waals surface area contributed by atoms with Crippen LogP contribution in [0.2, 0.25) is 0 Å². The van der Waals surface area contributed by atoms with Crippen LogP contribution in [0.4, 0.5) is 14.5 Å². The van der Waals surface area contributed by atoms with Crippen molar-refractivity contribution in [1.29, 1.82) is 0 Å². The van der Waals surface area contributed by atoms with E-state index >= 15 is 0 Å². The van der Waals surface area contributed by atoms with Gasteiger partial charge in [0.1, 0.15) is 0 Å². The third-order valence-corrected chi connectivity index (χ3v) is 3.34. The van der Waals surface area contributed by atoms with Crippen molar-refractivity contribution in [3.8, 4) is 11.1 Å². The summed E-state index contributed by atoms with van der Waals surface area (Å²) in [5.41, 5.74) is 7.49. The fourth-order valence-electron chi connectivity index (χ4n) is 2.15. The molecule has 0 spiro atoms. The number of alkyl halides is 2. The molecule has 0 unspecified atom stereocenters. The Balaban J connectivity index is 1.89. The quantitative estimate of drug-likeness (QED) is 0.858. The number of benzene rings is 1. The van der Waals surface area contributed by atoms with Crippen molar-refractivity contribution in [2.24, 2.45) is 5.92 Å². The van der Waals surface area contributed by atoms with E-state index in [0.717, 1.165) is 18.0 Å². The first-order valence-electron chi connectivity index (χ1n) is 6.33. The molecule has 1 heterocycles. The van der Waals surface area contributed by atoms with Gasteiger partial charge in [0.25, 0.3) is 6.43 Å². The standard InChI is InChI=1S/C14H15F2N3/c15-14(16)11-3-10(4-13(17)5-11)12-6-18-19(8-12)7-9-1-2-9/h3-6,8-9,14H,1-2,7,17H2. The van der Waals surface area contributed by atoms with E-state index in [0.29, 0.717) is 11.3 Å². The summed E-state index contributed by atoms with van der Waals surface area (Å²) in [6, 6.07) is 4.48. The number of hydrogen-bond donors (Lipinski definition) is 1. The van der Waals surface area contributed by atoms with Crippen molar-refractivity contribution in [3.05, 3.63) is 36.2 Å². The van der Waals surface area contributed by atoms with Crippen LogP contribution in [0.15, 0.2) is 30.6 Å². The highest BCUT2D eigenvalue weighted by atomic mass is 19.3. The number of hydrogen-bond acceptors (Lipinski definition) is 2. The van der Waals surface area contributed by atoms with Crippen LogP contribution < -0.4 is 5.73 Å². The number of nitrogens with zero attached hydrogens (tertiary/aromatic N) is 2. The second-order valence-electron chi connectivity index (χ2n) is 5.08. The number of rotatable bonds is 4. The Hall–Kier alpha value is -1.91. The van der Waals surface area contributed by atoms with Crippen LogP contribution in [0.3, 0.4) is 0 Å². The summed E-state index contributed by atoms with van der Waals surface area (Å²) in [4.78, 5) is 0. The number of nitrogens with two attached hydrogens (primary N) is 1. The molecule has 0 aliphatic heterocycles. The predicted molar refractivity (Wildman–Crippen MR) is 69.8 cm³/mol. The highest BCUT2D eigenvalue weighted by Gasteiger charge is 2.22. The van der Waals surface area contributed by atoms with Gasteiger partial charge in [-0.1, -0.05) is 0 Å². The number of nitrogen functional groups attached to an aromatic ring is 1. The molecule has 1 aromatic carbocycles. The van der Waals surface area contributed by atoms with Gasteiger partial charge in [-0.05, 0) is 42.5 Å². The van der Waals surface area contributed by atoms with Gasteiger partial charge >= 0.3 is 0 Å². The van der Waals surface area contributed by atoms with Crippen LogP contribution >= 0.6 is 0 Å². The molecule has 3 nitrogen and oxygen atoms in total. The first-order valence-corrected chi connectivity index (χ1v) is 6.33. The van der Waals surface area contributed by atoms with Gasteiger partial charge in [0.2, 0.25) is 0 Å². The van der Waals surface area contributed by atoms with Gasteiger partial charge in [-0.25, -0.2) is 8.78 Å². The molecule has 0 saturated heterocycles. The minimum absolute atomic E-state index is 0.0510. The lowest BCUT2D eigenvalue weighted by Gasteiger charge is -2.05. The third kappa shape index (κ3) is 2.75. The SMILES string of the molecule is Nc1cc(-c2cnn(CC3CC3)c2)cc(C(F)F)c1. The number of aromatic nitrogens is 2. The molecule has 1 aliphatic carbocycles. The van der Waals surface area contributed by atoms with Gasteiger partial charge < -0.3 is 5.73 Å². The van der Waals surface area contributed by atoms with Gasteiger partial charge in [-0.15, -0.1) is 0 Å². The van der Waals surface area contributed by atoms with Gasteiger partial charge in [-0.2, -0.15) is 5.10 Å². The summed E-state index contributed by atoms with van der Waals surface area (Å²) < 4.78 is 27.4. The van der Waals surface area contributed by atoms with Crippen molar-refractivity contribution in [2.45, 2.75) is 25.8 Å². The van der Waals surface area contributed by atoms with Crippen molar-refractivity contribution in [1.82, 2.24) is 9.78 Å². The van der Waals surface area contributed by atoms with Gasteiger partial charge in [0.05, 0.1) is 6.20 Å². The summed E-state index contributed by atoms with van der Waals surface area (Å²) >= 11 is 0. The predicted octanol–water partition coefficient (Wildman–Crippen LogP) is 3.48. The lowest BCUT2D eigenvalue weighted by molar-refractivity contribution is 0.151. The Kier molecular flexibility index (Phi) is 2.97. The number of halogens is 2. The topological polar surface area (TPSA) is 43.8 Å². The maximum atomic E-state index is 12.8. The maximum absolute atomic E-state index is 12.8. The molecule has 0 amide bonds. The van der Waals surface area contributed by atoms with E-state index in [1.165, 1.54) is 25.0 Å². The van der Waals surface area contributed by atoms with Crippen LogP contribution in [0, 0.1) is 5.92 Å². The smallest absolute Gasteiger partial charge is 0.263 e. The molecule has 0 atom stereocenters. The van der Waals surface area contributed by atoms with E-state index in [2.05, 4.69) is 5.10 Å². The molecule has 5 heteroatoms. The number of anilines is 1. The summed E-state index contributed by atoms with van der Waals surface area (Å²) in [7, 11) is 0. The van der Waals surface area contributed by atoms with Crippen LogP contribution in [0.25, 0.3) is 11.1 Å². The maximum Gasteiger partial charge on any atom is 0.263 e. The highest BCUT2D eigenvalue weighted by molar-refractivity contribution is 5.67. The zero-order valence-electron chi connectivity index (χ0n) is 10.4. The van der Waals surface area contributed by atoms with E-state index < -0.39 is 6.43 Å². The third-order valence-electron chi connectivity index (χ3n) is 3.34. The molecule has 1 aliphatic rings. The van der Waals surface area contributed by atoms with E-state index in [9.17, 15) is 8.78 Å². The molecule has 0 radical (unpaired) electrons. The second kappa shape index (κ2) is 4.64. The largest absolute Gasteiger partial charge is 0.399 e. The average molecular weight is 263 g/mol. The van der Waals surface area contributed by atoms with Crippen LogP contribution in [-0.4, -0.2) is 9.78 Å². The van der Waals surface area contributed by atoms with E-state index in [1.54, 1.807) is 12.3 Å². The Labute approximate surface area is 110 Å². The van der Waals surface area contributed by atoms with Crippen LogP contribution in [0.1, 0.15) is 24.8 Å². The molecule has 1 fully saturated rings. The Morgan fingerprint density at radius 2 is 2.05 bits per heavy atom. The summed E-state index contributed by atoms with van der Waals surface area (Å²) in [5.74, 6) is 0.727. The normalized spacial score (nSPS) is 15.1. The van der Waals surface area contributed by atoms with Crippen molar-refractivity contribution in [2.75, 3.05) is 5.73 Å². The van der Waals surface area contributed by atoms with Crippen molar-refractivity contribution < 1.29 is 8.78 Å². The van der Waals surface area contributed by atoms with Gasteiger partial charge in [-0.3, -0.25) is 4.68 Å². The van der Waals surface area contributed by atoms with Gasteiger partial charge in [0, 0.05) is 29.6 Å². The van der Waals surface area contributed by atoms with Crippen LogP contribution in [0.5, 0.6) is 0 Å². The lowest BCUT2D eigenvalue weighted by atomic mass is 10.1. The minimum Gasteiger partial charge on any atom is -0.399 e. The van der Waals surface area contributed by atoms with E-state index in [4.69, 9.17) is 5.73 Å². The lowest BCUT2D eigenvalue weighted by Crippen LogP contribution is -1.99. The molecule has 1 aromatic heterocycles. The monoisotopic (exact) mass is 263 g/mol. The summed E-state index contributed by atoms with van der Waals surface area (Å²) in [5, 5.41) is 4.27. The summed E-state index contributed by atoms with van der Waals surface area (Å²) in [6.45, 7) is 0.907. The Morgan fingerprint density at radius 1 is 1.26 bits per heavy atom. The molecule has 100 valence electrons. The fraction of sp³-hybridized carbons (Fsp3) is 0.357. The second-order valence-corrected chi connectivity index (χ2v) is 5.08. The van der Waals surface area contributed by atoms with Crippen molar-refractivity contribution in [3.63, 3.8) is 0 Å². The molecular formula is C14H15F2N3. The highest BCUT2D eigenvalue weighted by Crippen LogP contribution is 2.32. The Bertz CT molecular complexity index is 588. The van der Waals surface area contributed by atoms with Crippen molar-refractivity contribution >= 4 is 5.69 Å². The first-order chi connectivity index (χ1) is 9.11. The average Bonchev–Trinajstić information content (AvgIpc) is 3.04. The molecular weight excluding hydrogens is 248 g/mol. The molecule has 2 N–H and O–H groups in total. The zero-order valence-corrected chi connectivity index (χ0v) is 10.4. The first kappa shape index (κ1) is 12.1. The fourth-order valence-corrected chi connectivity index (χ4v) is 2.15. The minimum atomic E-state index is -2.51. The molecule has 3 rings (SSSR count). The van der Waals surface area contributed by atoms with Gasteiger partial charge in [0.15, 0.2) is 0 Å². The molecule has 0 bridgehead atoms. The van der Waals surface area contributed by atoms with E-state index in [1.807, 2.05) is 10.9 Å². The van der Waals surface area contributed by atoms with Crippen LogP contribution in [-0.2, 0) is 6.54 Å². The molecule has 2 aromatic rings. The molecule has 1 saturated carbocycles. The Morgan fingerprint density at radius 3 is 2.74 bits per heavy atom. The van der Waals surface area contributed by atoms with E-state index in [-0.39, 0.29) is 5.56 Å². The zero-order chi connectivity index (χ0) is 13.4. The summed E-state index contributed by atoms with van der Waals surface area (Å²) in [6.07, 6.45) is 3.59. The molecule has 19 heavy (non-hydrogen) atoms.